The molecule has 3 nitrogen and oxygen atoms in total. The molecule has 2 N–H and O–H groups in total. The number of nitrogens with zero attached hydrogens (tertiary/aromatic N) is 1. The summed E-state index contributed by atoms with van der Waals surface area (Å²) < 4.78 is 0. The van der Waals surface area contributed by atoms with Gasteiger partial charge in [-0.3, -0.25) is 9.78 Å². The fraction of sp³-hybridized carbons (Fsp3) is 0.385. The molecule has 0 bridgehead atoms. The number of nitrogen functional groups attached to an aromatic ring is 1. The van der Waals surface area contributed by atoms with E-state index < -0.39 is 0 Å². The summed E-state index contributed by atoms with van der Waals surface area (Å²) >= 11 is 0. The Balaban J connectivity index is 2.24. The van der Waals surface area contributed by atoms with Gasteiger partial charge in [0.1, 0.15) is 0 Å². The van der Waals surface area contributed by atoms with Crippen LogP contribution in [-0.4, -0.2) is 10.8 Å². The van der Waals surface area contributed by atoms with Gasteiger partial charge < -0.3 is 5.73 Å². The number of Topliss-reactive ketones (excluding diaryl/α,β-unsaturated/α-hetero) is 1. The summed E-state index contributed by atoms with van der Waals surface area (Å²) in [6, 6.07) is 1.67. The molecule has 1 aliphatic rings. The van der Waals surface area contributed by atoms with E-state index in [1.807, 2.05) is 0 Å². The number of nitrogens with two attached hydrogens (primary N) is 1. The second-order valence-corrected chi connectivity index (χ2v) is 4.12. The molecule has 0 atom stereocenters. The molecular formula is C13H16N2O. The molecule has 2 rings (SSSR count). The van der Waals surface area contributed by atoms with Crippen LogP contribution in [0.2, 0.25) is 0 Å². The first-order chi connectivity index (χ1) is 7.79. The van der Waals surface area contributed by atoms with Crippen LogP contribution >= 0.6 is 0 Å². The van der Waals surface area contributed by atoms with Crippen molar-refractivity contribution in [2.75, 3.05) is 5.73 Å². The summed E-state index contributed by atoms with van der Waals surface area (Å²) in [6.07, 6.45) is 10.6. The number of hydrogen-bond donors (Lipinski definition) is 1. The van der Waals surface area contributed by atoms with Crippen molar-refractivity contribution in [1.29, 1.82) is 0 Å². The summed E-state index contributed by atoms with van der Waals surface area (Å²) in [4.78, 5) is 16.1. The molecule has 0 saturated carbocycles. The third kappa shape index (κ3) is 2.30. The van der Waals surface area contributed by atoms with Crippen molar-refractivity contribution in [1.82, 2.24) is 4.98 Å². The van der Waals surface area contributed by atoms with Gasteiger partial charge in [0.2, 0.25) is 0 Å². The van der Waals surface area contributed by atoms with E-state index in [1.165, 1.54) is 12.8 Å². The molecule has 1 heterocycles. The van der Waals surface area contributed by atoms with Gasteiger partial charge in [-0.05, 0) is 37.3 Å². The quantitative estimate of drug-likeness (QED) is 0.773. The highest BCUT2D eigenvalue weighted by molar-refractivity contribution is 6.11. The zero-order valence-corrected chi connectivity index (χ0v) is 9.28. The zero-order chi connectivity index (χ0) is 11.4. The van der Waals surface area contributed by atoms with E-state index in [0.29, 0.717) is 11.3 Å². The second-order valence-electron chi connectivity index (χ2n) is 4.12. The predicted octanol–water partition coefficient (Wildman–Crippen LogP) is 2.74. The summed E-state index contributed by atoms with van der Waals surface area (Å²) in [5, 5.41) is 0. The smallest absolute Gasteiger partial charge is 0.192 e. The van der Waals surface area contributed by atoms with Gasteiger partial charge in [0, 0.05) is 18.1 Å². The van der Waals surface area contributed by atoms with Gasteiger partial charge in [0.15, 0.2) is 5.78 Å². The van der Waals surface area contributed by atoms with E-state index in [1.54, 1.807) is 18.5 Å². The van der Waals surface area contributed by atoms with Crippen LogP contribution in [0.4, 0.5) is 5.69 Å². The van der Waals surface area contributed by atoms with Gasteiger partial charge in [0.25, 0.3) is 0 Å². The molecule has 0 unspecified atom stereocenters. The molecule has 0 saturated heterocycles. The maximum atomic E-state index is 12.2. The van der Waals surface area contributed by atoms with E-state index in [2.05, 4.69) is 11.1 Å². The Labute approximate surface area is 95.4 Å². The van der Waals surface area contributed by atoms with E-state index in [9.17, 15) is 4.79 Å². The van der Waals surface area contributed by atoms with E-state index in [0.717, 1.165) is 24.8 Å². The summed E-state index contributed by atoms with van der Waals surface area (Å²) in [6.45, 7) is 0. The fourth-order valence-corrected chi connectivity index (χ4v) is 1.99. The van der Waals surface area contributed by atoms with Crippen LogP contribution in [0.15, 0.2) is 30.1 Å². The Hall–Kier alpha value is -1.64. The molecule has 1 aromatic rings. The Bertz CT molecular complexity index is 424. The normalized spacial score (nSPS) is 16.4. The highest BCUT2D eigenvalue weighted by Gasteiger charge is 2.15. The SMILES string of the molecule is Nc1ccncc1C(=O)C1=CCCCCC1. The highest BCUT2D eigenvalue weighted by atomic mass is 16.1. The van der Waals surface area contributed by atoms with Crippen molar-refractivity contribution >= 4 is 11.5 Å². The Morgan fingerprint density at radius 1 is 1.31 bits per heavy atom. The van der Waals surface area contributed by atoms with Gasteiger partial charge in [-0.1, -0.05) is 12.5 Å². The molecule has 0 spiro atoms. The number of pyridine rings is 1. The molecule has 0 aromatic carbocycles. The number of allylic oxidation sites excluding steroid dienone is 2. The summed E-state index contributed by atoms with van der Waals surface area (Å²) in [5.41, 5.74) is 7.74. The van der Waals surface area contributed by atoms with E-state index in [4.69, 9.17) is 5.73 Å². The zero-order valence-electron chi connectivity index (χ0n) is 9.28. The second kappa shape index (κ2) is 4.92. The summed E-state index contributed by atoms with van der Waals surface area (Å²) in [7, 11) is 0. The predicted molar refractivity (Wildman–Crippen MR) is 64.1 cm³/mol. The first kappa shape index (κ1) is 10.9. The monoisotopic (exact) mass is 216 g/mol. The number of carbonyl (C=O) groups excluding carboxylic acids is 1. The molecule has 16 heavy (non-hydrogen) atoms. The van der Waals surface area contributed by atoms with Gasteiger partial charge in [-0.2, -0.15) is 0 Å². The average Bonchev–Trinajstić information content (AvgIpc) is 2.57. The lowest BCUT2D eigenvalue weighted by Gasteiger charge is -2.06. The molecule has 0 aliphatic heterocycles. The third-order valence-electron chi connectivity index (χ3n) is 2.93. The van der Waals surface area contributed by atoms with Crippen molar-refractivity contribution < 1.29 is 4.79 Å². The van der Waals surface area contributed by atoms with E-state index >= 15 is 0 Å². The van der Waals surface area contributed by atoms with Crippen LogP contribution in [0.25, 0.3) is 0 Å². The lowest BCUT2D eigenvalue weighted by atomic mass is 10.00. The average molecular weight is 216 g/mol. The molecule has 0 fully saturated rings. The van der Waals surface area contributed by atoms with Crippen LogP contribution in [0.3, 0.4) is 0 Å². The topological polar surface area (TPSA) is 56.0 Å². The third-order valence-corrected chi connectivity index (χ3v) is 2.93. The molecule has 0 amide bonds. The van der Waals surface area contributed by atoms with Crippen molar-refractivity contribution in [2.24, 2.45) is 0 Å². The molecular weight excluding hydrogens is 200 g/mol. The van der Waals surface area contributed by atoms with Gasteiger partial charge >= 0.3 is 0 Å². The molecule has 3 heteroatoms. The minimum absolute atomic E-state index is 0.0486. The first-order valence-electron chi connectivity index (χ1n) is 5.72. The van der Waals surface area contributed by atoms with Crippen LogP contribution in [0.5, 0.6) is 0 Å². The number of hydrogen-bond acceptors (Lipinski definition) is 3. The molecule has 0 radical (unpaired) electrons. The van der Waals surface area contributed by atoms with Crippen molar-refractivity contribution in [3.8, 4) is 0 Å². The van der Waals surface area contributed by atoms with Crippen LogP contribution in [0, 0.1) is 0 Å². The number of anilines is 1. The van der Waals surface area contributed by atoms with Gasteiger partial charge in [-0.25, -0.2) is 0 Å². The van der Waals surface area contributed by atoms with Crippen molar-refractivity contribution in [3.05, 3.63) is 35.7 Å². The van der Waals surface area contributed by atoms with Crippen LogP contribution in [0.1, 0.15) is 42.5 Å². The Kier molecular flexibility index (Phi) is 3.34. The number of carbonyl (C=O) groups is 1. The maximum Gasteiger partial charge on any atom is 0.192 e. The van der Waals surface area contributed by atoms with Crippen LogP contribution < -0.4 is 5.73 Å². The van der Waals surface area contributed by atoms with Gasteiger partial charge in [-0.15, -0.1) is 0 Å². The lowest BCUT2D eigenvalue weighted by Crippen LogP contribution is -2.07. The molecule has 1 aliphatic carbocycles. The number of ketones is 1. The highest BCUT2D eigenvalue weighted by Crippen LogP contribution is 2.22. The number of rotatable bonds is 2. The van der Waals surface area contributed by atoms with Gasteiger partial charge in [0.05, 0.1) is 5.56 Å². The first-order valence-corrected chi connectivity index (χ1v) is 5.72. The fourth-order valence-electron chi connectivity index (χ4n) is 1.99. The summed E-state index contributed by atoms with van der Waals surface area (Å²) in [5.74, 6) is 0.0486. The molecule has 1 aromatic heterocycles. The lowest BCUT2D eigenvalue weighted by molar-refractivity contribution is 0.103. The Morgan fingerprint density at radius 3 is 3.00 bits per heavy atom. The molecule has 84 valence electrons. The van der Waals surface area contributed by atoms with Crippen molar-refractivity contribution in [2.45, 2.75) is 32.1 Å². The largest absolute Gasteiger partial charge is 0.398 e. The minimum atomic E-state index is 0.0486. The van der Waals surface area contributed by atoms with E-state index in [-0.39, 0.29) is 5.78 Å². The Morgan fingerprint density at radius 2 is 2.19 bits per heavy atom. The maximum absolute atomic E-state index is 12.2. The standard InChI is InChI=1S/C13H16N2O/c14-12-7-8-15-9-11(12)13(16)10-5-3-1-2-4-6-10/h5,7-9H,1-4,6H2,(H2,14,15). The minimum Gasteiger partial charge on any atom is -0.398 e. The van der Waals surface area contributed by atoms with Crippen molar-refractivity contribution in [3.63, 3.8) is 0 Å². The van der Waals surface area contributed by atoms with Crippen LogP contribution in [-0.2, 0) is 0 Å². The number of aromatic nitrogens is 1.